The Morgan fingerprint density at radius 1 is 0.957 bits per heavy atom. The molecule has 5 aliphatic carbocycles. The van der Waals surface area contributed by atoms with E-state index in [1.807, 2.05) is 22.9 Å². The fourth-order valence-corrected chi connectivity index (χ4v) is 13.1. The zero-order chi connectivity index (χ0) is 33.6. The van der Waals surface area contributed by atoms with Gasteiger partial charge in [-0.15, -0.1) is 0 Å². The first-order valence-electron chi connectivity index (χ1n) is 18.1. The minimum atomic E-state index is -0.874. The van der Waals surface area contributed by atoms with Gasteiger partial charge in [-0.05, 0) is 139 Å². The molecule has 1 aromatic carbocycles. The van der Waals surface area contributed by atoms with Crippen LogP contribution in [0.4, 0.5) is 0 Å². The van der Waals surface area contributed by atoms with Gasteiger partial charge in [0.2, 0.25) is 5.91 Å². The van der Waals surface area contributed by atoms with Crippen molar-refractivity contribution in [2.75, 3.05) is 0 Å². The van der Waals surface area contributed by atoms with Crippen LogP contribution in [0.25, 0.3) is 5.57 Å². The summed E-state index contributed by atoms with van der Waals surface area (Å²) < 4.78 is 1.88. The Kier molecular flexibility index (Phi) is 7.54. The maximum atomic E-state index is 13.5. The fraction of sp³-hybridized carbons (Fsp3) is 0.634. The molecule has 7 rings (SSSR count). The van der Waals surface area contributed by atoms with Crippen molar-refractivity contribution in [1.82, 2.24) is 14.9 Å². The Morgan fingerprint density at radius 3 is 2.36 bits per heavy atom. The number of aromatic carboxylic acids is 1. The van der Waals surface area contributed by atoms with E-state index in [9.17, 15) is 14.7 Å². The van der Waals surface area contributed by atoms with Gasteiger partial charge < -0.3 is 15.0 Å². The van der Waals surface area contributed by atoms with Crippen LogP contribution in [0.15, 0.2) is 61.2 Å². The van der Waals surface area contributed by atoms with E-state index in [0.717, 1.165) is 37.7 Å². The molecule has 4 fully saturated rings. The standard InChI is InChI=1S/C41H55N3O3/c1-26(2)29-14-19-41(43-34(45)24-44-23-22-42-25-44)21-20-39(6)31(35(29)41)12-13-33-38(5)17-15-30(27-8-10-28(11-9-27)36(46)47)37(3,4)32(38)16-18-40(33,39)7/h8-11,15,22-23,25,29,31-33,35H,1,12-14,16-21,24H2,2-7H3,(H,43,45)(H,46,47)/t29-,31+,32-,33+,35+,38-,39+,40+,41-/m0/s1. The average molecular weight is 638 g/mol. The Morgan fingerprint density at radius 2 is 1.70 bits per heavy atom. The lowest BCUT2D eigenvalue weighted by Gasteiger charge is -2.72. The zero-order valence-electron chi connectivity index (χ0n) is 29.4. The van der Waals surface area contributed by atoms with E-state index in [4.69, 9.17) is 0 Å². The summed E-state index contributed by atoms with van der Waals surface area (Å²) in [7, 11) is 0. The lowest BCUT2D eigenvalue weighted by molar-refractivity contribution is -0.219. The van der Waals surface area contributed by atoms with E-state index < -0.39 is 5.97 Å². The van der Waals surface area contributed by atoms with E-state index in [1.165, 1.54) is 36.8 Å². The van der Waals surface area contributed by atoms with Gasteiger partial charge in [-0.3, -0.25) is 4.79 Å². The lowest BCUT2D eigenvalue weighted by Crippen LogP contribution is -2.68. The lowest BCUT2D eigenvalue weighted by atomic mass is 9.33. The number of carbonyl (C=O) groups is 2. The number of nitrogens with zero attached hydrogens (tertiary/aromatic N) is 2. The molecule has 6 heteroatoms. The van der Waals surface area contributed by atoms with E-state index in [2.05, 4.69) is 64.5 Å². The Balaban J connectivity index is 1.20. The van der Waals surface area contributed by atoms with Gasteiger partial charge in [-0.25, -0.2) is 9.78 Å². The van der Waals surface area contributed by atoms with Crippen molar-refractivity contribution in [3.63, 3.8) is 0 Å². The van der Waals surface area contributed by atoms with E-state index >= 15 is 0 Å². The van der Waals surface area contributed by atoms with Crippen LogP contribution in [0.1, 0.15) is 115 Å². The van der Waals surface area contributed by atoms with Crippen molar-refractivity contribution in [2.45, 2.75) is 111 Å². The first-order chi connectivity index (χ1) is 22.2. The molecule has 47 heavy (non-hydrogen) atoms. The number of allylic oxidation sites excluding steroid dienone is 3. The van der Waals surface area contributed by atoms with Crippen LogP contribution < -0.4 is 5.32 Å². The number of aromatic nitrogens is 2. The minimum Gasteiger partial charge on any atom is -0.478 e. The van der Waals surface area contributed by atoms with Gasteiger partial charge in [-0.2, -0.15) is 0 Å². The molecule has 0 radical (unpaired) electrons. The molecule has 0 aliphatic heterocycles. The van der Waals surface area contributed by atoms with E-state index in [1.54, 1.807) is 24.7 Å². The summed E-state index contributed by atoms with van der Waals surface area (Å²) in [5, 5.41) is 13.1. The predicted octanol–water partition coefficient (Wildman–Crippen LogP) is 8.80. The van der Waals surface area contributed by atoms with Gasteiger partial charge in [0.05, 0.1) is 11.9 Å². The summed E-state index contributed by atoms with van der Waals surface area (Å²) >= 11 is 0. The van der Waals surface area contributed by atoms with Crippen LogP contribution in [0.3, 0.4) is 0 Å². The maximum Gasteiger partial charge on any atom is 0.335 e. The average Bonchev–Trinajstić information content (AvgIpc) is 3.65. The second kappa shape index (κ2) is 10.9. The van der Waals surface area contributed by atoms with E-state index in [0.29, 0.717) is 41.7 Å². The van der Waals surface area contributed by atoms with Gasteiger partial charge >= 0.3 is 5.97 Å². The number of amides is 1. The summed E-state index contributed by atoms with van der Waals surface area (Å²) in [5.74, 6) is 1.87. The molecule has 4 saturated carbocycles. The number of imidazole rings is 1. The molecular weight excluding hydrogens is 582 g/mol. The summed E-state index contributed by atoms with van der Waals surface area (Å²) in [6.07, 6.45) is 18.2. The van der Waals surface area contributed by atoms with Crippen LogP contribution >= 0.6 is 0 Å². The number of carboxylic acids is 1. The molecule has 6 nitrogen and oxygen atoms in total. The van der Waals surface area contributed by atoms with Crippen LogP contribution in [-0.2, 0) is 11.3 Å². The molecule has 0 spiro atoms. The molecule has 9 atom stereocenters. The van der Waals surface area contributed by atoms with Gasteiger partial charge in [-0.1, -0.05) is 65.0 Å². The number of rotatable bonds is 6. The molecular formula is C41H55N3O3. The van der Waals surface area contributed by atoms with Gasteiger partial charge in [0, 0.05) is 17.9 Å². The number of hydrogen-bond acceptors (Lipinski definition) is 3. The third-order valence-electron chi connectivity index (χ3n) is 15.4. The van der Waals surface area contributed by atoms with Crippen molar-refractivity contribution in [3.8, 4) is 0 Å². The highest BCUT2D eigenvalue weighted by Crippen LogP contribution is 2.76. The van der Waals surface area contributed by atoms with Crippen molar-refractivity contribution >= 4 is 17.4 Å². The Bertz CT molecular complexity index is 1610. The molecule has 0 bridgehead atoms. The second-order valence-corrected chi connectivity index (χ2v) is 17.6. The SMILES string of the molecule is C=C(C)[C@@H]1CC[C@]2(NC(=O)Cn3ccnc3)CC[C@]3(C)[C@H](CC[C@@H]4[C@@]5(C)CC=C(c6ccc(C(=O)O)cc6)C(C)(C)[C@@H]5CC[C@]43C)[C@@H]12. The number of carboxylic acid groups (broad SMARTS) is 1. The van der Waals surface area contributed by atoms with Gasteiger partial charge in [0.25, 0.3) is 0 Å². The smallest absolute Gasteiger partial charge is 0.335 e. The second-order valence-electron chi connectivity index (χ2n) is 17.6. The third kappa shape index (κ3) is 4.66. The molecule has 0 unspecified atom stereocenters. The highest BCUT2D eigenvalue weighted by atomic mass is 16.4. The van der Waals surface area contributed by atoms with Crippen LogP contribution in [-0.4, -0.2) is 32.1 Å². The predicted molar refractivity (Wildman–Crippen MR) is 186 cm³/mol. The molecule has 1 heterocycles. The van der Waals surface area contributed by atoms with Crippen molar-refractivity contribution < 1.29 is 14.7 Å². The Labute approximate surface area is 281 Å². The number of benzene rings is 1. The monoisotopic (exact) mass is 637 g/mol. The van der Waals surface area contributed by atoms with Crippen molar-refractivity contribution in [3.05, 3.63) is 72.3 Å². The minimum absolute atomic E-state index is 0.00539. The third-order valence-corrected chi connectivity index (χ3v) is 15.4. The fourth-order valence-electron chi connectivity index (χ4n) is 13.1. The van der Waals surface area contributed by atoms with Crippen LogP contribution in [0.5, 0.6) is 0 Å². The molecule has 1 aromatic heterocycles. The number of carbonyl (C=O) groups excluding carboxylic acids is 1. The first kappa shape index (κ1) is 32.4. The Hall–Kier alpha value is -3.15. The highest BCUT2D eigenvalue weighted by Gasteiger charge is 2.70. The molecule has 0 saturated heterocycles. The maximum absolute atomic E-state index is 13.5. The highest BCUT2D eigenvalue weighted by molar-refractivity contribution is 5.88. The van der Waals surface area contributed by atoms with Gasteiger partial charge in [0.1, 0.15) is 6.54 Å². The van der Waals surface area contributed by atoms with Crippen LogP contribution in [0.2, 0.25) is 0 Å². The summed E-state index contributed by atoms with van der Waals surface area (Å²) in [5.41, 5.74) is 4.64. The first-order valence-corrected chi connectivity index (χ1v) is 18.1. The van der Waals surface area contributed by atoms with Crippen molar-refractivity contribution in [2.24, 2.45) is 51.2 Å². The summed E-state index contributed by atoms with van der Waals surface area (Å²) in [4.78, 5) is 29.2. The molecule has 5 aliphatic rings. The van der Waals surface area contributed by atoms with Crippen LogP contribution in [0, 0.1) is 51.2 Å². The largest absolute Gasteiger partial charge is 0.478 e. The van der Waals surface area contributed by atoms with Crippen molar-refractivity contribution in [1.29, 1.82) is 0 Å². The number of nitrogens with one attached hydrogen (secondary N) is 1. The molecule has 1 amide bonds. The zero-order valence-corrected chi connectivity index (χ0v) is 29.4. The summed E-state index contributed by atoms with van der Waals surface area (Å²) in [6, 6.07) is 7.54. The molecule has 2 aromatic rings. The summed E-state index contributed by atoms with van der Waals surface area (Å²) in [6.45, 7) is 19.9. The quantitative estimate of drug-likeness (QED) is 0.310. The molecule has 2 N–H and O–H groups in total. The van der Waals surface area contributed by atoms with Gasteiger partial charge in [0.15, 0.2) is 0 Å². The van der Waals surface area contributed by atoms with E-state index in [-0.39, 0.29) is 33.1 Å². The number of fused-ring (bicyclic) bond motifs is 7. The topological polar surface area (TPSA) is 84.2 Å². The number of hydrogen-bond donors (Lipinski definition) is 2. The normalized spacial score (nSPS) is 40.2. The molecule has 252 valence electrons.